The molecule has 6 nitrogen and oxygen atoms in total. The van der Waals surface area contributed by atoms with Gasteiger partial charge in [0.15, 0.2) is 5.65 Å². The lowest BCUT2D eigenvalue weighted by Crippen LogP contribution is -1.99. The van der Waals surface area contributed by atoms with Crippen molar-refractivity contribution in [2.75, 3.05) is 7.11 Å². The van der Waals surface area contributed by atoms with E-state index in [-0.39, 0.29) is 0 Å². The van der Waals surface area contributed by atoms with Gasteiger partial charge in [-0.25, -0.2) is 14.2 Å². The highest BCUT2D eigenvalue weighted by Crippen LogP contribution is 2.36. The van der Waals surface area contributed by atoms with Crippen LogP contribution in [0.25, 0.3) is 34.6 Å². The summed E-state index contributed by atoms with van der Waals surface area (Å²) < 4.78 is 9.47. The monoisotopic (exact) mass is 421 g/mol. The van der Waals surface area contributed by atoms with Gasteiger partial charge < -0.3 is 4.74 Å². The van der Waals surface area contributed by atoms with Crippen molar-refractivity contribution in [3.05, 3.63) is 95.7 Å². The quantitative estimate of drug-likeness (QED) is 0.382. The zero-order valence-corrected chi connectivity index (χ0v) is 18.2. The highest BCUT2D eigenvalue weighted by atomic mass is 16.5. The average Bonchev–Trinajstić information content (AvgIpc) is 3.46. The van der Waals surface area contributed by atoms with Gasteiger partial charge in [0.05, 0.1) is 29.7 Å². The summed E-state index contributed by atoms with van der Waals surface area (Å²) in [6.07, 6.45) is 7.83. The van der Waals surface area contributed by atoms with Gasteiger partial charge in [0.2, 0.25) is 0 Å². The molecule has 32 heavy (non-hydrogen) atoms. The Morgan fingerprint density at radius 2 is 1.78 bits per heavy atom. The fraction of sp³-hybridized carbons (Fsp3) is 0.115. The van der Waals surface area contributed by atoms with E-state index in [1.54, 1.807) is 13.3 Å². The molecular formula is C26H23N5O. The van der Waals surface area contributed by atoms with Gasteiger partial charge in [-0.05, 0) is 49.8 Å². The Morgan fingerprint density at radius 1 is 0.938 bits per heavy atom. The molecule has 6 heteroatoms. The van der Waals surface area contributed by atoms with Crippen molar-refractivity contribution >= 4 is 17.8 Å². The van der Waals surface area contributed by atoms with Gasteiger partial charge in [-0.1, -0.05) is 36.4 Å². The minimum atomic E-state index is 0.751. The Balaban J connectivity index is 1.65. The predicted molar refractivity (Wildman–Crippen MR) is 127 cm³/mol. The highest BCUT2D eigenvalue weighted by Gasteiger charge is 2.19. The largest absolute Gasteiger partial charge is 0.496 e. The maximum Gasteiger partial charge on any atom is 0.164 e. The molecule has 3 heterocycles. The normalized spacial score (nSPS) is 11.5. The van der Waals surface area contributed by atoms with Crippen molar-refractivity contribution < 1.29 is 4.74 Å². The van der Waals surface area contributed by atoms with Crippen LogP contribution in [-0.4, -0.2) is 31.5 Å². The Morgan fingerprint density at radius 3 is 2.53 bits per heavy atom. The van der Waals surface area contributed by atoms with E-state index in [0.29, 0.717) is 0 Å². The van der Waals surface area contributed by atoms with Crippen LogP contribution >= 0.6 is 0 Å². The number of fused-ring (bicyclic) bond motifs is 1. The summed E-state index contributed by atoms with van der Waals surface area (Å²) in [4.78, 5) is 4.83. The number of rotatable bonds is 5. The van der Waals surface area contributed by atoms with E-state index < -0.39 is 0 Å². The van der Waals surface area contributed by atoms with Gasteiger partial charge in [-0.2, -0.15) is 10.2 Å². The molecule has 0 aliphatic heterocycles. The highest BCUT2D eigenvalue weighted by molar-refractivity contribution is 5.85. The maximum atomic E-state index is 5.76. The number of benzene rings is 2. The SMILES string of the molecule is COc1cc(-n2cccn2)ccc1-c1c(C)nn2c(C=Cc3ccccc3)cc(C)nc12. The molecular weight excluding hydrogens is 398 g/mol. The van der Waals surface area contributed by atoms with Gasteiger partial charge in [0.25, 0.3) is 0 Å². The zero-order chi connectivity index (χ0) is 22.1. The first-order chi connectivity index (χ1) is 15.6. The fourth-order valence-corrected chi connectivity index (χ4v) is 3.90. The fourth-order valence-electron chi connectivity index (χ4n) is 3.90. The molecule has 0 atom stereocenters. The average molecular weight is 422 g/mol. The van der Waals surface area contributed by atoms with Crippen LogP contribution in [0.5, 0.6) is 5.75 Å². The summed E-state index contributed by atoms with van der Waals surface area (Å²) in [5.41, 5.74) is 7.58. The third-order valence-corrected chi connectivity index (χ3v) is 5.39. The number of methoxy groups -OCH3 is 1. The van der Waals surface area contributed by atoms with Crippen LogP contribution < -0.4 is 4.74 Å². The topological polar surface area (TPSA) is 57.2 Å². The molecule has 5 rings (SSSR count). The molecule has 2 aromatic carbocycles. The molecule has 0 amide bonds. The molecule has 0 fully saturated rings. The molecule has 0 N–H and O–H groups in total. The molecule has 0 aliphatic rings. The third kappa shape index (κ3) is 3.56. The molecule has 0 radical (unpaired) electrons. The van der Waals surface area contributed by atoms with Gasteiger partial charge in [0, 0.05) is 29.7 Å². The molecule has 0 saturated heterocycles. The second kappa shape index (κ2) is 8.15. The number of aryl methyl sites for hydroxylation is 2. The van der Waals surface area contributed by atoms with E-state index in [1.807, 2.05) is 77.8 Å². The maximum absolute atomic E-state index is 5.76. The van der Waals surface area contributed by atoms with Gasteiger partial charge in [-0.3, -0.25) is 0 Å². The lowest BCUT2D eigenvalue weighted by atomic mass is 10.0. The van der Waals surface area contributed by atoms with Crippen LogP contribution in [0, 0.1) is 13.8 Å². The van der Waals surface area contributed by atoms with E-state index in [9.17, 15) is 0 Å². The summed E-state index contributed by atoms with van der Waals surface area (Å²) in [6, 6.07) is 20.2. The minimum Gasteiger partial charge on any atom is -0.496 e. The van der Waals surface area contributed by atoms with E-state index in [2.05, 4.69) is 29.4 Å². The third-order valence-electron chi connectivity index (χ3n) is 5.39. The lowest BCUT2D eigenvalue weighted by Gasteiger charge is -2.11. The summed E-state index contributed by atoms with van der Waals surface area (Å²) in [6.45, 7) is 4.01. The molecule has 158 valence electrons. The first-order valence-corrected chi connectivity index (χ1v) is 10.4. The number of nitrogens with zero attached hydrogens (tertiary/aromatic N) is 5. The van der Waals surface area contributed by atoms with Crippen molar-refractivity contribution in [3.63, 3.8) is 0 Å². The van der Waals surface area contributed by atoms with E-state index in [0.717, 1.165) is 50.9 Å². The van der Waals surface area contributed by atoms with E-state index in [1.165, 1.54) is 0 Å². The molecule has 0 unspecified atom stereocenters. The molecule has 0 saturated carbocycles. The van der Waals surface area contributed by atoms with Crippen molar-refractivity contribution in [1.29, 1.82) is 0 Å². The van der Waals surface area contributed by atoms with Crippen molar-refractivity contribution in [1.82, 2.24) is 24.4 Å². The number of hydrogen-bond acceptors (Lipinski definition) is 4. The second-order valence-electron chi connectivity index (χ2n) is 7.60. The molecule has 0 spiro atoms. The van der Waals surface area contributed by atoms with Gasteiger partial charge >= 0.3 is 0 Å². The Bertz CT molecular complexity index is 1420. The first kappa shape index (κ1) is 19.8. The summed E-state index contributed by atoms with van der Waals surface area (Å²) in [5, 5.41) is 9.14. The smallest absolute Gasteiger partial charge is 0.164 e. The first-order valence-electron chi connectivity index (χ1n) is 10.4. The van der Waals surface area contributed by atoms with Crippen LogP contribution in [0.4, 0.5) is 0 Å². The number of ether oxygens (including phenoxy) is 1. The Labute approximate surface area is 186 Å². The second-order valence-corrected chi connectivity index (χ2v) is 7.60. The van der Waals surface area contributed by atoms with Gasteiger partial charge in [0.1, 0.15) is 5.75 Å². The number of aromatic nitrogens is 5. The van der Waals surface area contributed by atoms with Crippen molar-refractivity contribution in [3.8, 4) is 22.6 Å². The zero-order valence-electron chi connectivity index (χ0n) is 18.2. The summed E-state index contributed by atoms with van der Waals surface area (Å²) in [5.74, 6) is 0.751. The van der Waals surface area contributed by atoms with Gasteiger partial charge in [-0.15, -0.1) is 0 Å². The number of hydrogen-bond donors (Lipinski definition) is 0. The van der Waals surface area contributed by atoms with Crippen LogP contribution in [0.3, 0.4) is 0 Å². The predicted octanol–water partition coefficient (Wildman–Crippen LogP) is 5.38. The standard InChI is InChI=1S/C26H23N5O/c1-18-16-22(11-10-20-8-5-4-6-9-20)31-26(28-18)25(19(2)29-31)23-13-12-21(17-24(23)32-3)30-15-7-14-27-30/h4-17H,1-3H3. The molecule has 5 aromatic rings. The van der Waals surface area contributed by atoms with Crippen LogP contribution in [0.1, 0.15) is 22.6 Å². The summed E-state index contributed by atoms with van der Waals surface area (Å²) in [7, 11) is 1.68. The summed E-state index contributed by atoms with van der Waals surface area (Å²) >= 11 is 0. The minimum absolute atomic E-state index is 0.751. The molecule has 0 bridgehead atoms. The van der Waals surface area contributed by atoms with Crippen LogP contribution in [0.2, 0.25) is 0 Å². The molecule has 3 aromatic heterocycles. The Kier molecular flexibility index (Phi) is 5.03. The molecule has 0 aliphatic carbocycles. The lowest BCUT2D eigenvalue weighted by molar-refractivity contribution is 0.416. The van der Waals surface area contributed by atoms with E-state index >= 15 is 0 Å². The van der Waals surface area contributed by atoms with Crippen molar-refractivity contribution in [2.24, 2.45) is 0 Å². The van der Waals surface area contributed by atoms with E-state index in [4.69, 9.17) is 14.8 Å². The Hall–Kier alpha value is -4.19. The van der Waals surface area contributed by atoms with Crippen molar-refractivity contribution in [2.45, 2.75) is 13.8 Å². The van der Waals surface area contributed by atoms with Crippen LogP contribution in [-0.2, 0) is 0 Å². The van der Waals surface area contributed by atoms with Crippen LogP contribution in [0.15, 0.2) is 73.1 Å².